The molecule has 9 nitrogen and oxygen atoms in total. The van der Waals surface area contributed by atoms with E-state index in [4.69, 9.17) is 16.6 Å². The van der Waals surface area contributed by atoms with Gasteiger partial charge in [-0.2, -0.15) is 4.98 Å². The van der Waals surface area contributed by atoms with E-state index in [-0.39, 0.29) is 22.7 Å². The van der Waals surface area contributed by atoms with Crippen LogP contribution in [0.15, 0.2) is 41.9 Å². The van der Waals surface area contributed by atoms with Gasteiger partial charge < -0.3 is 9.88 Å². The van der Waals surface area contributed by atoms with Crippen molar-refractivity contribution in [2.24, 2.45) is 0 Å². The van der Waals surface area contributed by atoms with Gasteiger partial charge in [0.2, 0.25) is 11.9 Å². The van der Waals surface area contributed by atoms with Crippen LogP contribution in [0.3, 0.4) is 0 Å². The van der Waals surface area contributed by atoms with Crippen LogP contribution in [0.5, 0.6) is 0 Å². The highest BCUT2D eigenvalue weighted by Crippen LogP contribution is 2.58. The van der Waals surface area contributed by atoms with Crippen LogP contribution in [0, 0.1) is 5.82 Å². The second-order valence-electron chi connectivity index (χ2n) is 9.39. The summed E-state index contributed by atoms with van der Waals surface area (Å²) in [5.74, 6) is 0.238. The molecule has 3 aliphatic rings. The van der Waals surface area contributed by atoms with Crippen molar-refractivity contribution < 1.29 is 13.4 Å². The SMILES string of the molecule is CCn1cnc(S(=O)N2CCC(Nc3ncc4c(n3)N(c3cc(F)ccc3Cl)C(=O)C43CC3)CC2)c1. The van der Waals surface area contributed by atoms with Crippen LogP contribution in [0.25, 0.3) is 0 Å². The first-order chi connectivity index (χ1) is 17.4. The first kappa shape index (κ1) is 23.5. The number of nitrogens with zero attached hydrogens (tertiary/aromatic N) is 6. The molecule has 2 aromatic heterocycles. The minimum Gasteiger partial charge on any atom is -0.351 e. The van der Waals surface area contributed by atoms with E-state index in [1.165, 1.54) is 23.1 Å². The number of hydrogen-bond donors (Lipinski definition) is 1. The molecular formula is C24H25ClFN7O2S. The molecule has 6 rings (SSSR count). The number of imidazole rings is 1. The van der Waals surface area contributed by atoms with Crippen molar-refractivity contribution in [2.45, 2.75) is 55.6 Å². The number of rotatable bonds is 6. The molecule has 3 aromatic rings. The predicted octanol–water partition coefficient (Wildman–Crippen LogP) is 3.79. The van der Waals surface area contributed by atoms with Crippen LogP contribution >= 0.6 is 11.6 Å². The maximum absolute atomic E-state index is 14.0. The van der Waals surface area contributed by atoms with Gasteiger partial charge in [0.25, 0.3) is 0 Å². The van der Waals surface area contributed by atoms with E-state index >= 15 is 0 Å². The number of carbonyl (C=O) groups excluding carboxylic acids is 1. The number of benzene rings is 1. The van der Waals surface area contributed by atoms with Crippen molar-refractivity contribution in [1.82, 2.24) is 23.8 Å². The Morgan fingerprint density at radius 2 is 2.03 bits per heavy atom. The second-order valence-corrected chi connectivity index (χ2v) is 11.2. The number of aromatic nitrogens is 4. The number of nitrogens with one attached hydrogen (secondary N) is 1. The van der Waals surface area contributed by atoms with E-state index in [0.717, 1.165) is 24.9 Å². The number of aryl methyl sites for hydroxylation is 1. The largest absolute Gasteiger partial charge is 0.351 e. The maximum atomic E-state index is 14.0. The van der Waals surface area contributed by atoms with Gasteiger partial charge in [-0.1, -0.05) is 11.6 Å². The van der Waals surface area contributed by atoms with E-state index in [1.807, 2.05) is 22.0 Å². The van der Waals surface area contributed by atoms with Crippen molar-refractivity contribution in [2.75, 3.05) is 23.3 Å². The molecule has 1 aromatic carbocycles. The van der Waals surface area contributed by atoms with Crippen LogP contribution in [0.2, 0.25) is 5.02 Å². The Morgan fingerprint density at radius 3 is 2.72 bits per heavy atom. The third-order valence-electron chi connectivity index (χ3n) is 7.18. The first-order valence-corrected chi connectivity index (χ1v) is 13.5. The highest BCUT2D eigenvalue weighted by Gasteiger charge is 2.61. The lowest BCUT2D eigenvalue weighted by molar-refractivity contribution is -0.119. The molecule has 1 saturated heterocycles. The topological polar surface area (TPSA) is 96.2 Å². The number of carbonyl (C=O) groups is 1. The molecule has 1 saturated carbocycles. The van der Waals surface area contributed by atoms with Crippen LogP contribution in [0.1, 0.15) is 38.2 Å². The molecule has 0 radical (unpaired) electrons. The molecule has 2 aliphatic heterocycles. The van der Waals surface area contributed by atoms with Gasteiger partial charge in [-0.25, -0.2) is 22.9 Å². The Bertz CT molecular complexity index is 1370. The van der Waals surface area contributed by atoms with Crippen LogP contribution in [-0.4, -0.2) is 53.1 Å². The molecule has 36 heavy (non-hydrogen) atoms. The van der Waals surface area contributed by atoms with E-state index in [2.05, 4.69) is 15.3 Å². The van der Waals surface area contributed by atoms with Gasteiger partial charge in [0, 0.05) is 43.6 Å². The average molecular weight is 530 g/mol. The van der Waals surface area contributed by atoms with Gasteiger partial charge in [-0.3, -0.25) is 9.69 Å². The molecule has 188 valence electrons. The molecule has 1 atom stereocenters. The standard InChI is InChI=1S/C24H25ClFN7O2S/c1-2-31-13-20(28-14-31)36(35)32-9-5-16(6-10-32)29-23-27-12-17-21(30-23)33(22(34)24(17)7-8-24)19-11-15(26)3-4-18(19)25/h3-4,11-14,16H,2,5-10H2,1H3,(H,27,29,30). The Kier molecular flexibility index (Phi) is 5.81. The van der Waals surface area contributed by atoms with Gasteiger partial charge in [-0.05, 0) is 50.8 Å². The number of hydrogen-bond acceptors (Lipinski definition) is 6. The summed E-state index contributed by atoms with van der Waals surface area (Å²) in [7, 11) is -1.29. The summed E-state index contributed by atoms with van der Waals surface area (Å²) in [6.45, 7) is 4.08. The minimum absolute atomic E-state index is 0.0858. The predicted molar refractivity (Wildman–Crippen MR) is 134 cm³/mol. The van der Waals surface area contributed by atoms with Gasteiger partial charge in [0.1, 0.15) is 22.6 Å². The summed E-state index contributed by atoms with van der Waals surface area (Å²) < 4.78 is 30.8. The Balaban J connectivity index is 1.19. The van der Waals surface area contributed by atoms with Crippen molar-refractivity contribution in [3.63, 3.8) is 0 Å². The van der Waals surface area contributed by atoms with Crippen molar-refractivity contribution in [3.05, 3.63) is 53.3 Å². The third kappa shape index (κ3) is 3.89. The Labute approximate surface area is 215 Å². The molecule has 1 N–H and O–H groups in total. The maximum Gasteiger partial charge on any atom is 0.243 e. The normalized spacial score (nSPS) is 20.1. The molecule has 1 amide bonds. The molecule has 12 heteroatoms. The molecule has 1 aliphatic carbocycles. The Morgan fingerprint density at radius 1 is 1.25 bits per heavy atom. The van der Waals surface area contributed by atoms with Crippen LogP contribution < -0.4 is 10.2 Å². The summed E-state index contributed by atoms with van der Waals surface area (Å²) in [6.07, 6.45) is 8.16. The summed E-state index contributed by atoms with van der Waals surface area (Å²) >= 11 is 6.36. The van der Waals surface area contributed by atoms with Gasteiger partial charge in [0.15, 0.2) is 5.03 Å². The third-order valence-corrected chi connectivity index (χ3v) is 8.91. The lowest BCUT2D eigenvalue weighted by atomic mass is 10.0. The molecule has 1 spiro atoms. The number of amides is 1. The second kappa shape index (κ2) is 8.89. The van der Waals surface area contributed by atoms with Crippen LogP contribution in [-0.2, 0) is 27.7 Å². The number of piperidine rings is 1. The number of anilines is 3. The van der Waals surface area contributed by atoms with Crippen molar-refractivity contribution in [3.8, 4) is 0 Å². The van der Waals surface area contributed by atoms with Crippen molar-refractivity contribution in [1.29, 1.82) is 0 Å². The van der Waals surface area contributed by atoms with Gasteiger partial charge >= 0.3 is 0 Å². The van der Waals surface area contributed by atoms with Gasteiger partial charge in [0.05, 0.1) is 22.5 Å². The number of fused-ring (bicyclic) bond motifs is 2. The van der Waals surface area contributed by atoms with E-state index in [0.29, 0.717) is 42.7 Å². The van der Waals surface area contributed by atoms with Crippen LogP contribution in [0.4, 0.5) is 21.8 Å². The summed E-state index contributed by atoms with van der Waals surface area (Å²) in [4.78, 5) is 28.3. The molecule has 2 fully saturated rings. The zero-order valence-electron chi connectivity index (χ0n) is 19.7. The summed E-state index contributed by atoms with van der Waals surface area (Å²) in [5, 5.41) is 4.22. The van der Waals surface area contributed by atoms with E-state index in [1.54, 1.807) is 12.5 Å². The van der Waals surface area contributed by atoms with E-state index < -0.39 is 22.2 Å². The highest BCUT2D eigenvalue weighted by molar-refractivity contribution is 7.82. The zero-order chi connectivity index (χ0) is 25.0. The molecule has 1 unspecified atom stereocenters. The fourth-order valence-electron chi connectivity index (χ4n) is 4.95. The lowest BCUT2D eigenvalue weighted by Crippen LogP contribution is -2.40. The summed E-state index contributed by atoms with van der Waals surface area (Å²) in [5.41, 5.74) is 0.414. The summed E-state index contributed by atoms with van der Waals surface area (Å²) in [6, 6.07) is 4.06. The first-order valence-electron chi connectivity index (χ1n) is 12.0. The number of halogens is 2. The molecular weight excluding hydrogens is 505 g/mol. The van der Waals surface area contributed by atoms with Crippen molar-refractivity contribution >= 4 is 45.9 Å². The smallest absolute Gasteiger partial charge is 0.243 e. The average Bonchev–Trinajstić information content (AvgIpc) is 3.48. The Hall–Kier alpha value is -2.89. The fourth-order valence-corrected chi connectivity index (χ4v) is 6.32. The monoisotopic (exact) mass is 529 g/mol. The quantitative estimate of drug-likeness (QED) is 0.522. The minimum atomic E-state index is -1.29. The lowest BCUT2D eigenvalue weighted by Gasteiger charge is -2.30. The molecule has 4 heterocycles. The van der Waals surface area contributed by atoms with Gasteiger partial charge in [-0.15, -0.1) is 0 Å². The fraction of sp³-hybridized carbons (Fsp3) is 0.417. The molecule has 0 bridgehead atoms. The zero-order valence-corrected chi connectivity index (χ0v) is 21.2. The van der Waals surface area contributed by atoms with E-state index in [9.17, 15) is 13.4 Å². The highest BCUT2D eigenvalue weighted by atomic mass is 35.5.